The van der Waals surface area contributed by atoms with Crippen molar-refractivity contribution in [3.63, 3.8) is 0 Å². The van der Waals surface area contributed by atoms with Crippen molar-refractivity contribution in [1.82, 2.24) is 0 Å². The summed E-state index contributed by atoms with van der Waals surface area (Å²) in [7, 11) is 0. The van der Waals surface area contributed by atoms with Crippen molar-refractivity contribution < 1.29 is 4.42 Å². The topological polar surface area (TPSA) is 30.2 Å². The number of para-hydroxylation sites is 1. The van der Waals surface area contributed by atoms with E-state index < -0.39 is 0 Å². The smallest absolute Gasteiger partial charge is 0.200 e. The molecule has 0 fully saturated rings. The minimum absolute atomic E-state index is 0.0587. The fraction of sp³-hybridized carbons (Fsp3) is 0.235. The van der Waals surface area contributed by atoms with Crippen LogP contribution in [0, 0.1) is 0 Å². The van der Waals surface area contributed by atoms with E-state index in [1.807, 2.05) is 30.3 Å². The molecule has 1 aromatic heterocycles. The quantitative estimate of drug-likeness (QED) is 0.490. The molecule has 0 spiro atoms. The second kappa shape index (κ2) is 6.16. The number of hydrogen-bond donors (Lipinski definition) is 0. The van der Waals surface area contributed by atoms with Gasteiger partial charge in [0.2, 0.25) is 5.43 Å². The zero-order valence-corrected chi connectivity index (χ0v) is 13.6. The van der Waals surface area contributed by atoms with Crippen LogP contribution in [0.25, 0.3) is 21.9 Å². The number of thioether (sulfide) groups is 2. The molecule has 0 bridgehead atoms. The third kappa shape index (κ3) is 2.70. The van der Waals surface area contributed by atoms with Crippen LogP contribution in [0.15, 0.2) is 55.4 Å². The lowest BCUT2D eigenvalue weighted by Crippen LogP contribution is -2.02. The van der Waals surface area contributed by atoms with Crippen LogP contribution in [0.5, 0.6) is 0 Å². The van der Waals surface area contributed by atoms with E-state index in [9.17, 15) is 4.79 Å². The summed E-state index contributed by atoms with van der Waals surface area (Å²) in [6.07, 6.45) is 0. The first-order valence-electron chi connectivity index (χ1n) is 6.99. The van der Waals surface area contributed by atoms with E-state index in [0.717, 1.165) is 21.3 Å². The van der Waals surface area contributed by atoms with Crippen molar-refractivity contribution in [3.8, 4) is 0 Å². The molecule has 0 N–H and O–H groups in total. The van der Waals surface area contributed by atoms with Gasteiger partial charge in [0.1, 0.15) is 5.58 Å². The van der Waals surface area contributed by atoms with Gasteiger partial charge in [0, 0.05) is 4.90 Å². The van der Waals surface area contributed by atoms with Crippen molar-refractivity contribution in [1.29, 1.82) is 0 Å². The van der Waals surface area contributed by atoms with Crippen molar-refractivity contribution in [2.24, 2.45) is 0 Å². The first-order valence-corrected chi connectivity index (χ1v) is 8.97. The summed E-state index contributed by atoms with van der Waals surface area (Å²) in [6.45, 7) is 4.22. The molecule has 1 heterocycles. The van der Waals surface area contributed by atoms with Crippen LogP contribution in [0.4, 0.5) is 0 Å². The highest BCUT2D eigenvalue weighted by molar-refractivity contribution is 8.00. The Hall–Kier alpha value is -1.39. The molecule has 0 radical (unpaired) electrons. The average molecular weight is 316 g/mol. The maximum atomic E-state index is 12.7. The molecule has 0 saturated carbocycles. The molecule has 0 aliphatic rings. The minimum atomic E-state index is 0.0587. The van der Waals surface area contributed by atoms with Gasteiger partial charge < -0.3 is 4.42 Å². The van der Waals surface area contributed by atoms with E-state index in [-0.39, 0.29) is 5.43 Å². The first-order chi connectivity index (χ1) is 10.2. The van der Waals surface area contributed by atoms with Gasteiger partial charge in [0.05, 0.1) is 15.7 Å². The summed E-state index contributed by atoms with van der Waals surface area (Å²) in [5.74, 6) is 1.94. The highest BCUT2D eigenvalue weighted by atomic mass is 32.2. The van der Waals surface area contributed by atoms with Crippen molar-refractivity contribution in [3.05, 3.63) is 46.6 Å². The van der Waals surface area contributed by atoms with Crippen LogP contribution < -0.4 is 5.43 Å². The Morgan fingerprint density at radius 2 is 1.76 bits per heavy atom. The van der Waals surface area contributed by atoms with Crippen LogP contribution >= 0.6 is 23.5 Å². The first kappa shape index (κ1) is 14.5. The van der Waals surface area contributed by atoms with E-state index >= 15 is 0 Å². The summed E-state index contributed by atoms with van der Waals surface area (Å²) in [5.41, 5.74) is 1.43. The summed E-state index contributed by atoms with van der Waals surface area (Å²) >= 11 is 3.47. The van der Waals surface area contributed by atoms with Gasteiger partial charge in [-0.05, 0) is 35.8 Å². The van der Waals surface area contributed by atoms with E-state index in [1.165, 1.54) is 0 Å². The van der Waals surface area contributed by atoms with Crippen molar-refractivity contribution in [2.75, 3.05) is 11.5 Å². The molecule has 2 aromatic carbocycles. The van der Waals surface area contributed by atoms with Crippen molar-refractivity contribution in [2.45, 2.75) is 23.6 Å². The predicted octanol–water partition coefficient (Wildman–Crippen LogP) is 5.17. The van der Waals surface area contributed by atoms with E-state index in [1.54, 1.807) is 23.5 Å². The fourth-order valence-corrected chi connectivity index (χ4v) is 3.98. The SMILES string of the molecule is CCSc1cc(SCC)c2oc3ccccc3c(=O)c2c1. The van der Waals surface area contributed by atoms with Gasteiger partial charge in [0.25, 0.3) is 0 Å². The molecule has 0 amide bonds. The Labute approximate surface area is 131 Å². The molecule has 2 nitrogen and oxygen atoms in total. The van der Waals surface area contributed by atoms with Gasteiger partial charge in [-0.2, -0.15) is 0 Å². The predicted molar refractivity (Wildman–Crippen MR) is 92.8 cm³/mol. The van der Waals surface area contributed by atoms with Gasteiger partial charge in [-0.25, -0.2) is 0 Å². The number of benzene rings is 2. The summed E-state index contributed by atoms with van der Waals surface area (Å²) in [4.78, 5) is 14.9. The lowest BCUT2D eigenvalue weighted by Gasteiger charge is -2.08. The Morgan fingerprint density at radius 3 is 2.52 bits per heavy atom. The highest BCUT2D eigenvalue weighted by Crippen LogP contribution is 2.33. The second-order valence-electron chi connectivity index (χ2n) is 4.59. The standard InChI is InChI=1S/C17H16O2S2/c1-3-20-11-9-13-16(18)12-7-5-6-8-14(12)19-17(13)15(10-11)21-4-2/h5-10H,3-4H2,1-2H3. The monoisotopic (exact) mass is 316 g/mol. The molecular formula is C17H16O2S2. The minimum Gasteiger partial charge on any atom is -0.455 e. The molecule has 4 heteroatoms. The maximum absolute atomic E-state index is 12.7. The fourth-order valence-electron chi connectivity index (χ4n) is 2.36. The van der Waals surface area contributed by atoms with Gasteiger partial charge >= 0.3 is 0 Å². The Kier molecular flexibility index (Phi) is 4.27. The van der Waals surface area contributed by atoms with Crippen LogP contribution in [0.1, 0.15) is 13.8 Å². The third-order valence-corrected chi connectivity index (χ3v) is 4.99. The zero-order valence-electron chi connectivity index (χ0n) is 12.0. The summed E-state index contributed by atoms with van der Waals surface area (Å²) in [6, 6.07) is 11.5. The molecule has 0 aliphatic heterocycles. The van der Waals surface area contributed by atoms with Crippen LogP contribution in [0.2, 0.25) is 0 Å². The number of rotatable bonds is 4. The maximum Gasteiger partial charge on any atom is 0.200 e. The molecule has 21 heavy (non-hydrogen) atoms. The van der Waals surface area contributed by atoms with E-state index in [0.29, 0.717) is 21.9 Å². The molecule has 0 saturated heterocycles. The normalized spacial score (nSPS) is 11.3. The Morgan fingerprint density at radius 1 is 1.00 bits per heavy atom. The van der Waals surface area contributed by atoms with Crippen LogP contribution in [-0.2, 0) is 0 Å². The van der Waals surface area contributed by atoms with Crippen LogP contribution in [0.3, 0.4) is 0 Å². The average Bonchev–Trinajstić information content (AvgIpc) is 2.49. The largest absolute Gasteiger partial charge is 0.455 e. The van der Waals surface area contributed by atoms with Gasteiger partial charge in [-0.15, -0.1) is 23.5 Å². The van der Waals surface area contributed by atoms with Crippen molar-refractivity contribution >= 4 is 45.5 Å². The van der Waals surface area contributed by atoms with E-state index in [2.05, 4.69) is 19.9 Å². The van der Waals surface area contributed by atoms with E-state index in [4.69, 9.17) is 4.42 Å². The third-order valence-electron chi connectivity index (χ3n) is 3.23. The molecule has 3 aromatic rings. The van der Waals surface area contributed by atoms with Gasteiger partial charge in [0.15, 0.2) is 5.58 Å². The van der Waals surface area contributed by atoms with Crippen LogP contribution in [-0.4, -0.2) is 11.5 Å². The Bertz CT molecular complexity index is 852. The molecular weight excluding hydrogens is 300 g/mol. The molecule has 0 atom stereocenters. The lowest BCUT2D eigenvalue weighted by atomic mass is 10.1. The second-order valence-corrected chi connectivity index (χ2v) is 7.23. The van der Waals surface area contributed by atoms with Gasteiger partial charge in [-0.3, -0.25) is 4.79 Å². The number of fused-ring (bicyclic) bond motifs is 2. The molecule has 0 aliphatic carbocycles. The zero-order chi connectivity index (χ0) is 14.8. The highest BCUT2D eigenvalue weighted by Gasteiger charge is 2.13. The van der Waals surface area contributed by atoms with Gasteiger partial charge in [-0.1, -0.05) is 26.0 Å². The molecule has 108 valence electrons. The number of hydrogen-bond acceptors (Lipinski definition) is 4. The Balaban J connectivity index is 2.40. The summed E-state index contributed by atoms with van der Waals surface area (Å²) < 4.78 is 6.01. The lowest BCUT2D eigenvalue weighted by molar-refractivity contribution is 0.650. The summed E-state index contributed by atoms with van der Waals surface area (Å²) in [5, 5.41) is 1.33. The molecule has 0 unspecified atom stereocenters. The molecule has 3 rings (SSSR count).